The van der Waals surface area contributed by atoms with Gasteiger partial charge in [-0.25, -0.2) is 26.7 Å². The van der Waals surface area contributed by atoms with E-state index in [0.29, 0.717) is 43.8 Å². The molecule has 2 aromatic rings. The lowest BCUT2D eigenvalue weighted by Crippen LogP contribution is -2.44. The summed E-state index contributed by atoms with van der Waals surface area (Å²) in [4.78, 5) is 45.0. The molecule has 1 aliphatic heterocycles. The Kier molecular flexibility index (Phi) is 10.9. The SMILES string of the molecule is COc1ccc(S(=O)(=O)N(CCN2CCC(C(=O)c3ccc(F)cc3)CC2)C(C)=O)cc1.O=C(O)C(=O)O. The molecule has 1 amide bonds. The van der Waals surface area contributed by atoms with E-state index >= 15 is 0 Å². The lowest BCUT2D eigenvalue weighted by molar-refractivity contribution is -0.159. The monoisotopic (exact) mass is 552 g/mol. The van der Waals surface area contributed by atoms with Crippen LogP contribution in [0.3, 0.4) is 0 Å². The zero-order valence-corrected chi connectivity index (χ0v) is 21.7. The number of sulfonamides is 1. The van der Waals surface area contributed by atoms with Crippen LogP contribution in [0.25, 0.3) is 0 Å². The van der Waals surface area contributed by atoms with Crippen molar-refractivity contribution in [3.05, 3.63) is 59.9 Å². The Morgan fingerprint density at radius 1 is 0.974 bits per heavy atom. The number of amides is 1. The number of aliphatic carboxylic acids is 2. The fourth-order valence-corrected chi connectivity index (χ4v) is 5.22. The third-order valence-corrected chi connectivity index (χ3v) is 7.78. The Labute approximate surface area is 219 Å². The van der Waals surface area contributed by atoms with Crippen molar-refractivity contribution >= 4 is 33.7 Å². The predicted molar refractivity (Wildman–Crippen MR) is 133 cm³/mol. The Bertz CT molecular complexity index is 1230. The average molecular weight is 553 g/mol. The number of hydrogen-bond donors (Lipinski definition) is 2. The number of piperidine rings is 1. The van der Waals surface area contributed by atoms with Crippen LogP contribution in [0.4, 0.5) is 4.39 Å². The van der Waals surface area contributed by atoms with Crippen LogP contribution in [-0.2, 0) is 24.4 Å². The minimum atomic E-state index is -3.97. The van der Waals surface area contributed by atoms with Gasteiger partial charge in [-0.15, -0.1) is 0 Å². The summed E-state index contributed by atoms with van der Waals surface area (Å²) in [6.45, 7) is 2.87. The number of carboxylic acids is 2. The van der Waals surface area contributed by atoms with Crippen LogP contribution < -0.4 is 4.74 Å². The summed E-state index contributed by atoms with van der Waals surface area (Å²) < 4.78 is 44.9. The number of benzene rings is 2. The highest BCUT2D eigenvalue weighted by Gasteiger charge is 2.29. The van der Waals surface area contributed by atoms with Gasteiger partial charge in [-0.1, -0.05) is 0 Å². The van der Waals surface area contributed by atoms with E-state index in [1.165, 1.54) is 62.6 Å². The van der Waals surface area contributed by atoms with Crippen LogP contribution in [0.15, 0.2) is 53.4 Å². The van der Waals surface area contributed by atoms with E-state index in [-0.39, 0.29) is 29.0 Å². The van der Waals surface area contributed by atoms with E-state index in [0.717, 1.165) is 4.31 Å². The number of methoxy groups -OCH3 is 1. The molecule has 0 spiro atoms. The van der Waals surface area contributed by atoms with E-state index in [4.69, 9.17) is 24.5 Å². The summed E-state index contributed by atoms with van der Waals surface area (Å²) >= 11 is 0. The van der Waals surface area contributed by atoms with Crippen molar-refractivity contribution in [2.24, 2.45) is 5.92 Å². The van der Waals surface area contributed by atoms with Crippen LogP contribution in [0.1, 0.15) is 30.1 Å². The van der Waals surface area contributed by atoms with Crippen LogP contribution in [0.2, 0.25) is 0 Å². The summed E-state index contributed by atoms with van der Waals surface area (Å²) in [5, 5.41) is 14.8. The van der Waals surface area contributed by atoms with Crippen molar-refractivity contribution in [3.8, 4) is 5.75 Å². The Hall–Kier alpha value is -3.84. The highest BCUT2D eigenvalue weighted by atomic mass is 32.2. The van der Waals surface area contributed by atoms with Gasteiger partial charge in [0.15, 0.2) is 5.78 Å². The number of nitrogens with zero attached hydrogens (tertiary/aromatic N) is 2. The van der Waals surface area contributed by atoms with Gasteiger partial charge in [0.2, 0.25) is 5.91 Å². The molecule has 11 nitrogen and oxygen atoms in total. The van der Waals surface area contributed by atoms with Gasteiger partial charge < -0.3 is 19.8 Å². The normalized spacial score (nSPS) is 14.1. The summed E-state index contributed by atoms with van der Waals surface area (Å²) in [7, 11) is -2.49. The third-order valence-electron chi connectivity index (χ3n) is 5.89. The van der Waals surface area contributed by atoms with Gasteiger partial charge in [-0.3, -0.25) is 9.59 Å². The van der Waals surface area contributed by atoms with Gasteiger partial charge in [0.1, 0.15) is 11.6 Å². The number of carbonyl (C=O) groups is 4. The largest absolute Gasteiger partial charge is 0.497 e. The molecule has 2 N–H and O–H groups in total. The van der Waals surface area contributed by atoms with Gasteiger partial charge in [0.25, 0.3) is 10.0 Å². The highest BCUT2D eigenvalue weighted by molar-refractivity contribution is 7.89. The second-order valence-electron chi connectivity index (χ2n) is 8.37. The lowest BCUT2D eigenvalue weighted by Gasteiger charge is -2.32. The maximum Gasteiger partial charge on any atom is 0.414 e. The minimum absolute atomic E-state index is 0.00269. The van der Waals surface area contributed by atoms with Gasteiger partial charge in [0.05, 0.1) is 12.0 Å². The number of ketones is 1. The summed E-state index contributed by atoms with van der Waals surface area (Å²) in [5.41, 5.74) is 0.498. The molecule has 1 aliphatic rings. The molecular weight excluding hydrogens is 523 g/mol. The maximum absolute atomic E-state index is 13.1. The molecule has 38 heavy (non-hydrogen) atoms. The standard InChI is InChI=1S/C23H27FN2O5S.C2H2O4/c1-17(27)26(32(29,30)22-9-7-21(31-2)8-10-22)16-15-25-13-11-19(12-14-25)23(28)18-3-5-20(24)6-4-18;3-1(4)2(5)6/h3-10,19H,11-16H2,1-2H3;(H,3,4)(H,5,6). The third kappa shape index (κ3) is 8.35. The molecule has 0 aliphatic carbocycles. The molecular formula is C25H29FN2O9S. The molecule has 0 bridgehead atoms. The summed E-state index contributed by atoms with van der Waals surface area (Å²) in [5.74, 6) is -4.21. The molecule has 13 heteroatoms. The summed E-state index contributed by atoms with van der Waals surface area (Å²) in [6.07, 6.45) is 1.25. The zero-order chi connectivity index (χ0) is 28.5. The van der Waals surface area contributed by atoms with E-state index in [1.54, 1.807) is 0 Å². The van der Waals surface area contributed by atoms with Gasteiger partial charge in [-0.05, 0) is 74.5 Å². The Morgan fingerprint density at radius 3 is 1.95 bits per heavy atom. The molecule has 0 radical (unpaired) electrons. The quantitative estimate of drug-likeness (QED) is 0.367. The van der Waals surface area contributed by atoms with E-state index in [1.807, 2.05) is 4.90 Å². The summed E-state index contributed by atoms with van der Waals surface area (Å²) in [6, 6.07) is 11.5. The smallest absolute Gasteiger partial charge is 0.414 e. The highest BCUT2D eigenvalue weighted by Crippen LogP contribution is 2.23. The number of Topliss-reactive ketones (excluding diaryl/α,β-unsaturated/α-hetero) is 1. The Balaban J connectivity index is 0.000000757. The average Bonchev–Trinajstić information content (AvgIpc) is 2.89. The number of halogens is 1. The molecule has 1 heterocycles. The van der Waals surface area contributed by atoms with Gasteiger partial charge in [0, 0.05) is 31.5 Å². The molecule has 1 saturated heterocycles. The molecule has 0 aromatic heterocycles. The lowest BCUT2D eigenvalue weighted by atomic mass is 9.89. The number of hydrogen-bond acceptors (Lipinski definition) is 8. The molecule has 206 valence electrons. The number of ether oxygens (including phenoxy) is 1. The van der Waals surface area contributed by atoms with E-state index in [9.17, 15) is 22.4 Å². The van der Waals surface area contributed by atoms with Gasteiger partial charge >= 0.3 is 11.9 Å². The molecule has 2 aromatic carbocycles. The van der Waals surface area contributed by atoms with Crippen LogP contribution in [0, 0.1) is 11.7 Å². The predicted octanol–water partition coefficient (Wildman–Crippen LogP) is 2.12. The van der Waals surface area contributed by atoms with E-state index in [2.05, 4.69) is 0 Å². The van der Waals surface area contributed by atoms with E-state index < -0.39 is 27.9 Å². The molecule has 3 rings (SSSR count). The molecule has 1 fully saturated rings. The van der Waals surface area contributed by atoms with Gasteiger partial charge in [-0.2, -0.15) is 0 Å². The van der Waals surface area contributed by atoms with Crippen LogP contribution in [0.5, 0.6) is 5.75 Å². The number of carbonyl (C=O) groups excluding carboxylic acids is 2. The van der Waals surface area contributed by atoms with Crippen LogP contribution in [-0.4, -0.2) is 84.8 Å². The first-order chi connectivity index (χ1) is 17.9. The molecule has 0 unspecified atom stereocenters. The Morgan fingerprint density at radius 2 is 1.50 bits per heavy atom. The zero-order valence-electron chi connectivity index (χ0n) is 20.9. The van der Waals surface area contributed by atoms with Crippen LogP contribution >= 0.6 is 0 Å². The second-order valence-corrected chi connectivity index (χ2v) is 10.2. The minimum Gasteiger partial charge on any atom is -0.497 e. The topological polar surface area (TPSA) is 159 Å². The first-order valence-electron chi connectivity index (χ1n) is 11.5. The molecule has 0 saturated carbocycles. The van der Waals surface area contributed by atoms with Crippen molar-refractivity contribution in [1.29, 1.82) is 0 Å². The molecule has 0 atom stereocenters. The first-order valence-corrected chi connectivity index (χ1v) is 13.0. The van der Waals surface area contributed by atoms with Crippen molar-refractivity contribution in [1.82, 2.24) is 9.21 Å². The fourth-order valence-electron chi connectivity index (χ4n) is 3.82. The number of carboxylic acid groups (broad SMARTS) is 2. The second kappa shape index (κ2) is 13.6. The van der Waals surface area contributed by atoms with Crippen molar-refractivity contribution < 1.29 is 46.9 Å². The maximum atomic E-state index is 13.1. The number of rotatable bonds is 8. The number of likely N-dealkylation sites (tertiary alicyclic amines) is 1. The van der Waals surface area contributed by atoms with Crippen molar-refractivity contribution in [2.45, 2.75) is 24.7 Å². The van der Waals surface area contributed by atoms with Crippen molar-refractivity contribution in [3.63, 3.8) is 0 Å². The first kappa shape index (κ1) is 30.4. The van der Waals surface area contributed by atoms with Crippen molar-refractivity contribution in [2.75, 3.05) is 33.3 Å². The fraction of sp³-hybridized carbons (Fsp3) is 0.360.